The van der Waals surface area contributed by atoms with Gasteiger partial charge in [0.15, 0.2) is 5.78 Å². The Hall–Kier alpha value is -2.69. The molecule has 1 fully saturated rings. The minimum atomic E-state index is -0.471. The molecular weight excluding hydrogens is 328 g/mol. The smallest absolute Gasteiger partial charge is 0.263 e. The molecule has 136 valence electrons. The molecule has 1 heterocycles. The van der Waals surface area contributed by atoms with Crippen molar-refractivity contribution in [2.45, 2.75) is 39.2 Å². The van der Waals surface area contributed by atoms with Gasteiger partial charge in [0.1, 0.15) is 5.56 Å². The van der Waals surface area contributed by atoms with Crippen molar-refractivity contribution in [1.82, 2.24) is 9.88 Å². The first-order valence-electron chi connectivity index (χ1n) is 8.99. The highest BCUT2D eigenvalue weighted by atomic mass is 16.2. The van der Waals surface area contributed by atoms with E-state index in [4.69, 9.17) is 0 Å². The zero-order valence-electron chi connectivity index (χ0n) is 15.4. The molecule has 3 rings (SSSR count). The van der Waals surface area contributed by atoms with E-state index in [0.29, 0.717) is 17.9 Å². The number of carbonyl (C=O) groups excluding carboxylic acids is 2. The van der Waals surface area contributed by atoms with E-state index in [9.17, 15) is 14.4 Å². The van der Waals surface area contributed by atoms with Crippen molar-refractivity contribution in [1.29, 1.82) is 0 Å². The minimum Gasteiger partial charge on any atom is -0.355 e. The van der Waals surface area contributed by atoms with Gasteiger partial charge in [0, 0.05) is 25.2 Å². The van der Waals surface area contributed by atoms with Crippen molar-refractivity contribution < 1.29 is 9.59 Å². The van der Waals surface area contributed by atoms with E-state index in [1.165, 1.54) is 17.7 Å². The number of ketones is 1. The number of nitrogens with one attached hydrogen (secondary N) is 1. The number of pyridine rings is 1. The van der Waals surface area contributed by atoms with Crippen LogP contribution in [0, 0.1) is 12.8 Å². The molecule has 1 aliphatic rings. The molecule has 2 aromatic rings. The maximum absolute atomic E-state index is 12.9. The van der Waals surface area contributed by atoms with E-state index in [-0.39, 0.29) is 22.9 Å². The van der Waals surface area contributed by atoms with Crippen LogP contribution in [0.2, 0.25) is 0 Å². The largest absolute Gasteiger partial charge is 0.355 e. The number of aromatic nitrogens is 1. The van der Waals surface area contributed by atoms with Crippen LogP contribution in [0.15, 0.2) is 41.3 Å². The number of nitrogens with zero attached hydrogens (tertiary/aromatic N) is 1. The molecule has 1 saturated carbocycles. The molecule has 1 aliphatic carbocycles. The molecule has 5 heteroatoms. The highest BCUT2D eigenvalue weighted by Crippen LogP contribution is 2.33. The summed E-state index contributed by atoms with van der Waals surface area (Å²) in [5.74, 6) is -0.0367. The van der Waals surface area contributed by atoms with Gasteiger partial charge in [-0.3, -0.25) is 14.4 Å². The zero-order chi connectivity index (χ0) is 18.8. The lowest BCUT2D eigenvalue weighted by molar-refractivity contribution is 0.0961. The summed E-state index contributed by atoms with van der Waals surface area (Å²) in [7, 11) is 1.48. The second-order valence-corrected chi connectivity index (χ2v) is 7.04. The number of hydrogen-bond donors (Lipinski definition) is 1. The topological polar surface area (TPSA) is 68.2 Å². The summed E-state index contributed by atoms with van der Waals surface area (Å²) in [6, 6.07) is 8.97. The number of aryl methyl sites for hydroxylation is 1. The summed E-state index contributed by atoms with van der Waals surface area (Å²) in [6.45, 7) is 3.89. The first kappa shape index (κ1) is 18.1. The van der Waals surface area contributed by atoms with Crippen LogP contribution in [0.5, 0.6) is 0 Å². The Balaban J connectivity index is 2.10. The van der Waals surface area contributed by atoms with Crippen LogP contribution in [0.25, 0.3) is 0 Å². The van der Waals surface area contributed by atoms with Crippen LogP contribution in [-0.4, -0.2) is 23.3 Å². The van der Waals surface area contributed by atoms with Gasteiger partial charge in [-0.05, 0) is 49.8 Å². The maximum Gasteiger partial charge on any atom is 0.263 e. The second-order valence-electron chi connectivity index (χ2n) is 7.04. The van der Waals surface area contributed by atoms with Crippen molar-refractivity contribution in [3.05, 3.63) is 69.1 Å². The molecule has 0 radical (unpaired) electrons. The molecule has 1 unspecified atom stereocenters. The second kappa shape index (κ2) is 7.28. The van der Waals surface area contributed by atoms with Crippen LogP contribution in [-0.2, 0) is 0 Å². The van der Waals surface area contributed by atoms with E-state index in [1.807, 2.05) is 38.1 Å². The van der Waals surface area contributed by atoms with Crippen LogP contribution < -0.4 is 10.9 Å². The fourth-order valence-corrected chi connectivity index (χ4v) is 3.25. The van der Waals surface area contributed by atoms with Gasteiger partial charge in [0.25, 0.3) is 11.5 Å². The quantitative estimate of drug-likeness (QED) is 0.812. The monoisotopic (exact) mass is 352 g/mol. The van der Waals surface area contributed by atoms with E-state index in [0.717, 1.165) is 24.0 Å². The van der Waals surface area contributed by atoms with Crippen molar-refractivity contribution >= 4 is 11.7 Å². The third-order valence-electron chi connectivity index (χ3n) is 5.06. The fourth-order valence-electron chi connectivity index (χ4n) is 3.25. The number of rotatable bonds is 6. The lowest BCUT2D eigenvalue weighted by Crippen LogP contribution is -2.34. The highest BCUT2D eigenvalue weighted by Gasteiger charge is 2.27. The van der Waals surface area contributed by atoms with Crippen molar-refractivity contribution in [2.24, 2.45) is 5.92 Å². The fraction of sp³-hybridized carbons (Fsp3) is 0.381. The Bertz CT molecular complexity index is 910. The number of amides is 1. The average Bonchev–Trinajstić information content (AvgIpc) is 3.45. The molecule has 1 N–H and O–H groups in total. The maximum atomic E-state index is 12.9. The Morgan fingerprint density at radius 2 is 1.96 bits per heavy atom. The van der Waals surface area contributed by atoms with Crippen molar-refractivity contribution in [3.63, 3.8) is 0 Å². The molecule has 1 aromatic heterocycles. The Morgan fingerprint density at radius 3 is 2.58 bits per heavy atom. The molecule has 5 nitrogen and oxygen atoms in total. The van der Waals surface area contributed by atoms with E-state index < -0.39 is 5.91 Å². The van der Waals surface area contributed by atoms with Crippen LogP contribution in [0.3, 0.4) is 0 Å². The Kier molecular flexibility index (Phi) is 5.07. The molecule has 1 aromatic carbocycles. The number of carbonyl (C=O) groups is 2. The molecule has 0 saturated heterocycles. The average molecular weight is 352 g/mol. The van der Waals surface area contributed by atoms with Crippen molar-refractivity contribution in [2.75, 3.05) is 7.05 Å². The molecule has 26 heavy (non-hydrogen) atoms. The normalized spacial score (nSPS) is 14.7. The molecular formula is C21H24N2O3. The summed E-state index contributed by atoms with van der Waals surface area (Å²) in [5, 5.41) is 2.50. The van der Waals surface area contributed by atoms with Crippen LogP contribution >= 0.6 is 0 Å². The number of hydrogen-bond acceptors (Lipinski definition) is 3. The Labute approximate surface area is 153 Å². The van der Waals surface area contributed by atoms with Crippen LogP contribution in [0.4, 0.5) is 0 Å². The highest BCUT2D eigenvalue weighted by molar-refractivity contribution is 6.00. The number of Topliss-reactive ketones (excluding diaryl/α,β-unsaturated/α-hetero) is 1. The van der Waals surface area contributed by atoms with E-state index >= 15 is 0 Å². The molecule has 0 aliphatic heterocycles. The summed E-state index contributed by atoms with van der Waals surface area (Å²) in [6.07, 6.45) is 4.24. The van der Waals surface area contributed by atoms with E-state index in [1.54, 1.807) is 6.20 Å². The predicted octanol–water partition coefficient (Wildman–Crippen LogP) is 3.11. The van der Waals surface area contributed by atoms with Gasteiger partial charge >= 0.3 is 0 Å². The van der Waals surface area contributed by atoms with E-state index in [2.05, 4.69) is 5.32 Å². The van der Waals surface area contributed by atoms with Gasteiger partial charge < -0.3 is 9.88 Å². The summed E-state index contributed by atoms with van der Waals surface area (Å²) >= 11 is 0. The van der Waals surface area contributed by atoms with Crippen LogP contribution in [0.1, 0.15) is 64.1 Å². The summed E-state index contributed by atoms with van der Waals surface area (Å²) < 4.78 is 1.51. The first-order chi connectivity index (χ1) is 12.4. The molecule has 0 bridgehead atoms. The lowest BCUT2D eigenvalue weighted by Gasteiger charge is -2.19. The van der Waals surface area contributed by atoms with Gasteiger partial charge in [-0.2, -0.15) is 0 Å². The van der Waals surface area contributed by atoms with Gasteiger partial charge in [-0.15, -0.1) is 0 Å². The Morgan fingerprint density at radius 1 is 1.27 bits per heavy atom. The molecule has 1 amide bonds. The third-order valence-corrected chi connectivity index (χ3v) is 5.06. The number of benzene rings is 1. The molecule has 1 atom stereocenters. The predicted molar refractivity (Wildman–Crippen MR) is 101 cm³/mol. The molecule has 0 spiro atoms. The van der Waals surface area contributed by atoms with Crippen molar-refractivity contribution in [3.8, 4) is 0 Å². The standard InChI is InChI=1S/C21H24N2O3/c1-13-6-4-5-7-17(13)14(2)23-12-16(19(24)10-15-8-9-15)11-18(21(23)26)20(25)22-3/h4-7,11-12,14-15H,8-10H2,1-3H3,(H,22,25). The van der Waals surface area contributed by atoms with Gasteiger partial charge in [-0.25, -0.2) is 0 Å². The summed E-state index contributed by atoms with van der Waals surface area (Å²) in [4.78, 5) is 37.7. The minimum absolute atomic E-state index is 0.00887. The van der Waals surface area contributed by atoms with Gasteiger partial charge in [-0.1, -0.05) is 24.3 Å². The SMILES string of the molecule is CNC(=O)c1cc(C(=O)CC2CC2)cn(C(C)c2ccccc2C)c1=O. The third kappa shape index (κ3) is 3.62. The zero-order valence-corrected chi connectivity index (χ0v) is 15.4. The summed E-state index contributed by atoms with van der Waals surface area (Å²) in [5.41, 5.74) is 2.10. The lowest BCUT2D eigenvalue weighted by atomic mass is 10.0. The van der Waals surface area contributed by atoms with Gasteiger partial charge in [0.05, 0.1) is 6.04 Å². The first-order valence-corrected chi connectivity index (χ1v) is 8.99. The van der Waals surface area contributed by atoms with Gasteiger partial charge in [0.2, 0.25) is 0 Å².